The van der Waals surface area contributed by atoms with E-state index in [0.717, 1.165) is 5.56 Å². The fourth-order valence-electron chi connectivity index (χ4n) is 1.31. The molecule has 0 unspecified atom stereocenters. The Hall–Kier alpha value is -1.60. The molecule has 0 atom stereocenters. The molecule has 0 saturated heterocycles. The topological polar surface area (TPSA) is 66.9 Å². The first-order valence-corrected chi connectivity index (χ1v) is 5.07. The molecule has 0 heterocycles. The summed E-state index contributed by atoms with van der Waals surface area (Å²) in [5.74, 6) is 0. The molecule has 0 radical (unpaired) electrons. The van der Waals surface area contributed by atoms with Crippen molar-refractivity contribution in [3.8, 4) is 6.07 Å². The van der Waals surface area contributed by atoms with Crippen LogP contribution in [-0.4, -0.2) is 4.92 Å². The number of non-ortho nitro benzene ring substituents is 1. The minimum atomic E-state index is -0.528. The number of nitro groups is 1. The summed E-state index contributed by atoms with van der Waals surface area (Å²) in [6.07, 6.45) is 0.473. The van der Waals surface area contributed by atoms with Crippen LogP contribution in [0.25, 0.3) is 0 Å². The van der Waals surface area contributed by atoms with Crippen molar-refractivity contribution in [1.29, 1.82) is 5.26 Å². The van der Waals surface area contributed by atoms with E-state index >= 15 is 0 Å². The van der Waals surface area contributed by atoms with Crippen molar-refractivity contribution in [2.45, 2.75) is 20.3 Å². The van der Waals surface area contributed by atoms with Gasteiger partial charge in [0.05, 0.1) is 21.4 Å². The van der Waals surface area contributed by atoms with Gasteiger partial charge in [-0.2, -0.15) is 5.26 Å². The second-order valence-corrected chi connectivity index (χ2v) is 4.61. The van der Waals surface area contributed by atoms with Gasteiger partial charge in [0.1, 0.15) is 0 Å². The number of nitriles is 1. The van der Waals surface area contributed by atoms with E-state index in [-0.39, 0.29) is 5.69 Å². The number of halogens is 1. The second-order valence-electron chi connectivity index (χ2n) is 4.21. The van der Waals surface area contributed by atoms with Crippen molar-refractivity contribution in [3.63, 3.8) is 0 Å². The van der Waals surface area contributed by atoms with Gasteiger partial charge in [0, 0.05) is 12.1 Å². The molecule has 84 valence electrons. The molecular weight excluding hydrogens is 228 g/mol. The van der Waals surface area contributed by atoms with Gasteiger partial charge in [0.15, 0.2) is 0 Å². The third-order valence-corrected chi connectivity index (χ3v) is 2.53. The molecule has 16 heavy (non-hydrogen) atoms. The number of nitro benzene ring substituents is 1. The Morgan fingerprint density at radius 2 is 2.19 bits per heavy atom. The highest BCUT2D eigenvalue weighted by atomic mass is 35.5. The third kappa shape index (κ3) is 2.94. The van der Waals surface area contributed by atoms with Gasteiger partial charge < -0.3 is 0 Å². The van der Waals surface area contributed by atoms with Gasteiger partial charge in [0.2, 0.25) is 0 Å². The fraction of sp³-hybridized carbons (Fsp3) is 0.364. The Bertz CT molecular complexity index is 464. The first-order valence-electron chi connectivity index (χ1n) is 4.70. The summed E-state index contributed by atoms with van der Waals surface area (Å²) in [6.45, 7) is 3.59. The van der Waals surface area contributed by atoms with Gasteiger partial charge in [-0.25, -0.2) is 0 Å². The van der Waals surface area contributed by atoms with Gasteiger partial charge in [0.25, 0.3) is 5.69 Å². The molecule has 1 aromatic carbocycles. The van der Waals surface area contributed by atoms with Crippen LogP contribution < -0.4 is 0 Å². The van der Waals surface area contributed by atoms with E-state index in [9.17, 15) is 10.1 Å². The molecule has 0 aliphatic heterocycles. The molecule has 0 spiro atoms. The number of hydrogen-bond acceptors (Lipinski definition) is 3. The molecule has 0 saturated carbocycles. The summed E-state index contributed by atoms with van der Waals surface area (Å²) >= 11 is 5.92. The molecule has 0 aliphatic rings. The maximum Gasteiger partial charge on any atom is 0.270 e. The highest BCUT2D eigenvalue weighted by molar-refractivity contribution is 6.31. The first kappa shape index (κ1) is 12.5. The van der Waals surface area contributed by atoms with Gasteiger partial charge >= 0.3 is 0 Å². The van der Waals surface area contributed by atoms with Gasteiger partial charge in [-0.1, -0.05) is 17.7 Å². The van der Waals surface area contributed by atoms with Crippen LogP contribution in [0.15, 0.2) is 18.2 Å². The lowest BCUT2D eigenvalue weighted by molar-refractivity contribution is -0.384. The smallest absolute Gasteiger partial charge is 0.258 e. The zero-order valence-corrected chi connectivity index (χ0v) is 9.78. The lowest BCUT2D eigenvalue weighted by atomic mass is 9.87. The molecule has 0 amide bonds. The molecule has 5 heteroatoms. The minimum absolute atomic E-state index is 0.0384. The zero-order chi connectivity index (χ0) is 12.3. The highest BCUT2D eigenvalue weighted by Crippen LogP contribution is 2.28. The zero-order valence-electron chi connectivity index (χ0n) is 9.03. The average molecular weight is 239 g/mol. The van der Waals surface area contributed by atoms with Crippen LogP contribution >= 0.6 is 11.6 Å². The van der Waals surface area contributed by atoms with E-state index in [2.05, 4.69) is 6.07 Å². The van der Waals surface area contributed by atoms with Crippen molar-refractivity contribution >= 4 is 17.3 Å². The quantitative estimate of drug-likeness (QED) is 0.599. The van der Waals surface area contributed by atoms with Crippen LogP contribution in [0.5, 0.6) is 0 Å². The Morgan fingerprint density at radius 1 is 1.56 bits per heavy atom. The molecule has 0 N–H and O–H groups in total. The van der Waals surface area contributed by atoms with Crippen LogP contribution in [0.4, 0.5) is 5.69 Å². The van der Waals surface area contributed by atoms with Crippen LogP contribution in [0.2, 0.25) is 5.02 Å². The van der Waals surface area contributed by atoms with Crippen molar-refractivity contribution in [1.82, 2.24) is 0 Å². The Kier molecular flexibility index (Phi) is 3.51. The molecular formula is C11H11ClN2O2. The van der Waals surface area contributed by atoms with Gasteiger partial charge in [-0.3, -0.25) is 10.1 Å². The SMILES string of the molecule is CC(C)(C#N)Cc1ccc([N+](=O)[O-])cc1Cl. The number of rotatable bonds is 3. The predicted molar refractivity (Wildman–Crippen MR) is 61.2 cm³/mol. The summed E-state index contributed by atoms with van der Waals surface area (Å²) in [5, 5.41) is 19.7. The van der Waals surface area contributed by atoms with Crippen LogP contribution in [0, 0.1) is 26.9 Å². The maximum atomic E-state index is 10.5. The third-order valence-electron chi connectivity index (χ3n) is 2.18. The predicted octanol–water partition coefficient (Wildman–Crippen LogP) is 3.34. The second kappa shape index (κ2) is 4.50. The van der Waals surface area contributed by atoms with Crippen LogP contribution in [-0.2, 0) is 6.42 Å². The minimum Gasteiger partial charge on any atom is -0.258 e. The molecule has 0 fully saturated rings. The highest BCUT2D eigenvalue weighted by Gasteiger charge is 2.20. The fourth-order valence-corrected chi connectivity index (χ4v) is 1.55. The number of benzene rings is 1. The van der Waals surface area contributed by atoms with Crippen molar-refractivity contribution < 1.29 is 4.92 Å². The van der Waals surface area contributed by atoms with E-state index in [0.29, 0.717) is 11.4 Å². The Labute approximate surface area is 98.6 Å². The number of hydrogen-bond donors (Lipinski definition) is 0. The van der Waals surface area contributed by atoms with Crippen molar-refractivity contribution in [2.75, 3.05) is 0 Å². The molecule has 0 bridgehead atoms. The summed E-state index contributed by atoms with van der Waals surface area (Å²) in [4.78, 5) is 10.0. The molecule has 1 rings (SSSR count). The van der Waals surface area contributed by atoms with Gasteiger partial charge in [-0.05, 0) is 25.8 Å². The summed E-state index contributed by atoms with van der Waals surface area (Å²) < 4.78 is 0. The lowest BCUT2D eigenvalue weighted by Crippen LogP contribution is -2.12. The molecule has 0 aromatic heterocycles. The Morgan fingerprint density at radius 3 is 2.62 bits per heavy atom. The average Bonchev–Trinajstić information content (AvgIpc) is 2.20. The van der Waals surface area contributed by atoms with Crippen molar-refractivity contribution in [2.24, 2.45) is 5.41 Å². The van der Waals surface area contributed by atoms with Crippen LogP contribution in [0.3, 0.4) is 0 Å². The Balaban J connectivity index is 3.02. The largest absolute Gasteiger partial charge is 0.270 e. The molecule has 0 aliphatic carbocycles. The van der Waals surface area contributed by atoms with E-state index in [1.165, 1.54) is 12.1 Å². The van der Waals surface area contributed by atoms with E-state index in [4.69, 9.17) is 16.9 Å². The standard InChI is InChI=1S/C11H11ClN2O2/c1-11(2,7-13)6-8-3-4-9(14(15)16)5-10(8)12/h3-5H,6H2,1-2H3. The van der Waals surface area contributed by atoms with E-state index in [1.54, 1.807) is 19.9 Å². The lowest BCUT2D eigenvalue weighted by Gasteiger charge is -2.15. The van der Waals surface area contributed by atoms with E-state index < -0.39 is 10.3 Å². The number of nitrogens with zero attached hydrogens (tertiary/aromatic N) is 2. The maximum absolute atomic E-state index is 10.5. The van der Waals surface area contributed by atoms with Crippen LogP contribution in [0.1, 0.15) is 19.4 Å². The monoisotopic (exact) mass is 238 g/mol. The summed E-state index contributed by atoms with van der Waals surface area (Å²) in [5.41, 5.74) is 0.182. The molecule has 1 aromatic rings. The normalized spacial score (nSPS) is 10.9. The summed E-state index contributed by atoms with van der Waals surface area (Å²) in [6, 6.07) is 6.47. The molecule has 4 nitrogen and oxygen atoms in total. The summed E-state index contributed by atoms with van der Waals surface area (Å²) in [7, 11) is 0. The van der Waals surface area contributed by atoms with E-state index in [1.807, 2.05) is 0 Å². The van der Waals surface area contributed by atoms with Crippen molar-refractivity contribution in [3.05, 3.63) is 38.9 Å². The van der Waals surface area contributed by atoms with Gasteiger partial charge in [-0.15, -0.1) is 0 Å². The first-order chi connectivity index (χ1) is 7.35.